The molecule has 3 amide bonds. The van der Waals surface area contributed by atoms with Crippen molar-refractivity contribution in [3.05, 3.63) is 29.8 Å². The van der Waals surface area contributed by atoms with E-state index in [1.165, 1.54) is 0 Å². The van der Waals surface area contributed by atoms with Crippen molar-refractivity contribution in [2.75, 3.05) is 5.32 Å². The number of carbonyl (C=O) groups is 3. The maximum Gasteiger partial charge on any atom is 0.408 e. The number of amides is 3. The first kappa shape index (κ1) is 21.5. The Labute approximate surface area is 154 Å². The van der Waals surface area contributed by atoms with E-state index in [1.807, 2.05) is 13.8 Å². The predicted octanol–water partition coefficient (Wildman–Crippen LogP) is 2.61. The van der Waals surface area contributed by atoms with Crippen LogP contribution in [0.2, 0.25) is 0 Å². The number of rotatable bonds is 6. The number of anilines is 1. The van der Waals surface area contributed by atoms with Gasteiger partial charge in [-0.15, -0.1) is 0 Å². The molecule has 0 spiro atoms. The summed E-state index contributed by atoms with van der Waals surface area (Å²) in [6, 6.07) is 6.34. The van der Waals surface area contributed by atoms with Gasteiger partial charge in [0.2, 0.25) is 11.8 Å². The fraction of sp³-hybridized carbons (Fsp3) is 0.526. The molecule has 0 saturated heterocycles. The standard InChI is InChI=1S/C19H29N3O4/c1-12(2)20-16(23)11-14-7-9-15(10-8-14)22-17(24)13(3)21-18(25)26-19(4,5)6/h7-10,12-13H,11H2,1-6H3,(H,20,23)(H,21,25)(H,22,24)/t13-/m1/s1. The van der Waals surface area contributed by atoms with Gasteiger partial charge in [0.1, 0.15) is 11.6 Å². The summed E-state index contributed by atoms with van der Waals surface area (Å²) < 4.78 is 5.12. The van der Waals surface area contributed by atoms with E-state index in [9.17, 15) is 14.4 Å². The Balaban J connectivity index is 2.54. The van der Waals surface area contributed by atoms with Crippen LogP contribution in [-0.4, -0.2) is 35.6 Å². The van der Waals surface area contributed by atoms with Gasteiger partial charge < -0.3 is 20.7 Å². The van der Waals surface area contributed by atoms with Crippen LogP contribution in [0.15, 0.2) is 24.3 Å². The molecule has 7 nitrogen and oxygen atoms in total. The lowest BCUT2D eigenvalue weighted by Crippen LogP contribution is -2.43. The summed E-state index contributed by atoms with van der Waals surface area (Å²) in [4.78, 5) is 35.6. The van der Waals surface area contributed by atoms with Crippen molar-refractivity contribution in [1.82, 2.24) is 10.6 Å². The molecular formula is C19H29N3O4. The van der Waals surface area contributed by atoms with E-state index in [0.29, 0.717) is 5.69 Å². The molecule has 7 heteroatoms. The van der Waals surface area contributed by atoms with Crippen LogP contribution in [0, 0.1) is 0 Å². The highest BCUT2D eigenvalue weighted by Crippen LogP contribution is 2.11. The molecule has 3 N–H and O–H groups in total. The minimum absolute atomic E-state index is 0.0491. The van der Waals surface area contributed by atoms with Crippen molar-refractivity contribution >= 4 is 23.6 Å². The lowest BCUT2D eigenvalue weighted by Gasteiger charge is -2.21. The highest BCUT2D eigenvalue weighted by Gasteiger charge is 2.21. The molecule has 1 rings (SSSR count). The molecule has 0 unspecified atom stereocenters. The van der Waals surface area contributed by atoms with Crippen molar-refractivity contribution in [2.45, 2.75) is 65.6 Å². The van der Waals surface area contributed by atoms with Gasteiger partial charge in [-0.05, 0) is 59.2 Å². The molecule has 0 fully saturated rings. The SMILES string of the molecule is CC(C)NC(=O)Cc1ccc(NC(=O)[C@@H](C)NC(=O)OC(C)(C)C)cc1. The quantitative estimate of drug-likeness (QED) is 0.724. The Morgan fingerprint density at radius 3 is 2.08 bits per heavy atom. The van der Waals surface area contributed by atoms with Crippen LogP contribution in [0.4, 0.5) is 10.5 Å². The van der Waals surface area contributed by atoms with Crippen LogP contribution in [0.3, 0.4) is 0 Å². The maximum absolute atomic E-state index is 12.2. The van der Waals surface area contributed by atoms with E-state index in [-0.39, 0.29) is 24.3 Å². The fourth-order valence-electron chi connectivity index (χ4n) is 2.06. The lowest BCUT2D eigenvalue weighted by atomic mass is 10.1. The summed E-state index contributed by atoms with van der Waals surface area (Å²) in [6.07, 6.45) is -0.366. The number of benzene rings is 1. The third kappa shape index (κ3) is 8.50. The molecule has 1 atom stereocenters. The largest absolute Gasteiger partial charge is 0.444 e. The summed E-state index contributed by atoms with van der Waals surface area (Å²) in [5.41, 5.74) is 0.805. The van der Waals surface area contributed by atoms with Crippen LogP contribution in [0.5, 0.6) is 0 Å². The summed E-state index contributed by atoms with van der Waals surface area (Å²) in [7, 11) is 0. The Kier molecular flexibility index (Phi) is 7.61. The zero-order valence-corrected chi connectivity index (χ0v) is 16.3. The molecule has 0 radical (unpaired) electrons. The van der Waals surface area contributed by atoms with E-state index in [1.54, 1.807) is 52.0 Å². The van der Waals surface area contributed by atoms with Crippen molar-refractivity contribution in [3.8, 4) is 0 Å². The molecule has 1 aromatic rings. The first-order valence-corrected chi connectivity index (χ1v) is 8.65. The monoisotopic (exact) mass is 363 g/mol. The van der Waals surface area contributed by atoms with Gasteiger partial charge >= 0.3 is 6.09 Å². The molecule has 26 heavy (non-hydrogen) atoms. The van der Waals surface area contributed by atoms with E-state index in [4.69, 9.17) is 4.74 Å². The van der Waals surface area contributed by atoms with Crippen molar-refractivity contribution in [3.63, 3.8) is 0 Å². The average molecular weight is 363 g/mol. The zero-order chi connectivity index (χ0) is 19.9. The second-order valence-electron chi connectivity index (χ2n) is 7.45. The smallest absolute Gasteiger partial charge is 0.408 e. The molecule has 144 valence electrons. The number of nitrogens with one attached hydrogen (secondary N) is 3. The van der Waals surface area contributed by atoms with Gasteiger partial charge in [-0.1, -0.05) is 12.1 Å². The average Bonchev–Trinajstić information content (AvgIpc) is 2.46. The van der Waals surface area contributed by atoms with Gasteiger partial charge in [0.05, 0.1) is 6.42 Å². The number of hydrogen-bond acceptors (Lipinski definition) is 4. The van der Waals surface area contributed by atoms with E-state index < -0.39 is 17.7 Å². The summed E-state index contributed by atoms with van der Waals surface area (Å²) in [6.45, 7) is 10.6. The summed E-state index contributed by atoms with van der Waals surface area (Å²) in [5.74, 6) is -0.409. The zero-order valence-electron chi connectivity index (χ0n) is 16.3. The summed E-state index contributed by atoms with van der Waals surface area (Å²) >= 11 is 0. The van der Waals surface area contributed by atoms with Crippen molar-refractivity contribution in [2.24, 2.45) is 0 Å². The van der Waals surface area contributed by atoms with Crippen LogP contribution < -0.4 is 16.0 Å². The van der Waals surface area contributed by atoms with E-state index in [0.717, 1.165) is 5.56 Å². The van der Waals surface area contributed by atoms with Gasteiger partial charge in [-0.2, -0.15) is 0 Å². The minimum Gasteiger partial charge on any atom is -0.444 e. The number of ether oxygens (including phenoxy) is 1. The molecule has 1 aromatic carbocycles. The van der Waals surface area contributed by atoms with Crippen molar-refractivity contribution in [1.29, 1.82) is 0 Å². The Bertz CT molecular complexity index is 633. The van der Waals surface area contributed by atoms with Gasteiger partial charge in [-0.25, -0.2) is 4.79 Å². The first-order chi connectivity index (χ1) is 12.0. The molecular weight excluding hydrogens is 334 g/mol. The normalized spacial score (nSPS) is 12.3. The fourth-order valence-corrected chi connectivity index (χ4v) is 2.06. The van der Waals surface area contributed by atoms with Crippen LogP contribution >= 0.6 is 0 Å². The molecule has 0 aliphatic rings. The van der Waals surface area contributed by atoms with E-state index >= 15 is 0 Å². The van der Waals surface area contributed by atoms with Gasteiger partial charge in [-0.3, -0.25) is 9.59 Å². The Hall–Kier alpha value is -2.57. The number of carbonyl (C=O) groups excluding carboxylic acids is 3. The number of hydrogen-bond donors (Lipinski definition) is 3. The minimum atomic E-state index is -0.749. The third-order valence-corrected chi connectivity index (χ3v) is 3.16. The van der Waals surface area contributed by atoms with Gasteiger partial charge in [0.25, 0.3) is 0 Å². The van der Waals surface area contributed by atoms with E-state index in [2.05, 4.69) is 16.0 Å². The maximum atomic E-state index is 12.2. The van der Waals surface area contributed by atoms with Crippen molar-refractivity contribution < 1.29 is 19.1 Å². The Morgan fingerprint density at radius 1 is 1.00 bits per heavy atom. The number of alkyl carbamates (subject to hydrolysis) is 1. The molecule has 0 aromatic heterocycles. The van der Waals surface area contributed by atoms with Crippen LogP contribution in [-0.2, 0) is 20.7 Å². The Morgan fingerprint density at radius 2 is 1.58 bits per heavy atom. The van der Waals surface area contributed by atoms with Gasteiger partial charge in [0.15, 0.2) is 0 Å². The van der Waals surface area contributed by atoms with Crippen LogP contribution in [0.25, 0.3) is 0 Å². The third-order valence-electron chi connectivity index (χ3n) is 3.16. The second kappa shape index (κ2) is 9.22. The topological polar surface area (TPSA) is 96.5 Å². The van der Waals surface area contributed by atoms with Crippen LogP contribution in [0.1, 0.15) is 47.1 Å². The highest BCUT2D eigenvalue weighted by molar-refractivity contribution is 5.96. The first-order valence-electron chi connectivity index (χ1n) is 8.65. The van der Waals surface area contributed by atoms with Gasteiger partial charge in [0, 0.05) is 11.7 Å². The molecule has 0 bridgehead atoms. The predicted molar refractivity (Wildman–Crippen MR) is 101 cm³/mol. The highest BCUT2D eigenvalue weighted by atomic mass is 16.6. The summed E-state index contributed by atoms with van der Waals surface area (Å²) in [5, 5.41) is 8.03. The molecule has 0 aliphatic heterocycles. The molecule has 0 heterocycles. The lowest BCUT2D eigenvalue weighted by molar-refractivity contribution is -0.121. The second-order valence-corrected chi connectivity index (χ2v) is 7.45. The molecule has 0 aliphatic carbocycles. The molecule has 0 saturated carbocycles.